The first kappa shape index (κ1) is 14.4. The molecule has 0 spiro atoms. The average molecular weight is 272 g/mol. The Morgan fingerprint density at radius 1 is 1.50 bits per heavy atom. The molecule has 0 saturated carbocycles. The third-order valence-electron chi connectivity index (χ3n) is 2.15. The molecule has 0 aliphatic carbocycles. The van der Waals surface area contributed by atoms with E-state index in [0.717, 1.165) is 6.07 Å². The summed E-state index contributed by atoms with van der Waals surface area (Å²) in [5.41, 5.74) is -0.359. The molecule has 0 bridgehead atoms. The van der Waals surface area contributed by atoms with Crippen molar-refractivity contribution in [3.8, 4) is 6.07 Å². The number of nitriles is 1. The Labute approximate surface area is 105 Å². The second-order valence-electron chi connectivity index (χ2n) is 3.54. The van der Waals surface area contributed by atoms with Crippen molar-refractivity contribution >= 4 is 15.7 Å². The smallest absolute Gasteiger partial charge is 0.232 e. The maximum atomic E-state index is 13.3. The molecule has 0 unspecified atom stereocenters. The zero-order valence-electron chi connectivity index (χ0n) is 9.81. The van der Waals surface area contributed by atoms with E-state index in [2.05, 4.69) is 4.72 Å². The minimum absolute atomic E-state index is 0.0464. The number of hydrogen-bond donors (Lipinski definition) is 1. The van der Waals surface area contributed by atoms with E-state index in [1.807, 2.05) is 0 Å². The van der Waals surface area contributed by atoms with Gasteiger partial charge in [0.15, 0.2) is 0 Å². The second-order valence-corrected chi connectivity index (χ2v) is 5.38. The lowest BCUT2D eigenvalue weighted by molar-refractivity contribution is 0.199. The van der Waals surface area contributed by atoms with Crippen molar-refractivity contribution < 1.29 is 17.5 Å². The zero-order chi connectivity index (χ0) is 13.6. The van der Waals surface area contributed by atoms with Crippen LogP contribution in [0.1, 0.15) is 12.0 Å². The van der Waals surface area contributed by atoms with Gasteiger partial charge < -0.3 is 4.74 Å². The number of methoxy groups -OCH3 is 1. The van der Waals surface area contributed by atoms with E-state index >= 15 is 0 Å². The Hall–Kier alpha value is -1.65. The van der Waals surface area contributed by atoms with Crippen LogP contribution in [0, 0.1) is 17.1 Å². The van der Waals surface area contributed by atoms with Gasteiger partial charge in [-0.3, -0.25) is 4.72 Å². The SMILES string of the molecule is COCCCS(=O)(=O)Nc1cccc(F)c1C#N. The third-order valence-corrected chi connectivity index (χ3v) is 3.51. The molecule has 0 atom stereocenters. The van der Waals surface area contributed by atoms with Gasteiger partial charge in [0.2, 0.25) is 10.0 Å². The highest BCUT2D eigenvalue weighted by Gasteiger charge is 2.14. The van der Waals surface area contributed by atoms with Gasteiger partial charge in [0.05, 0.1) is 11.4 Å². The maximum absolute atomic E-state index is 13.3. The van der Waals surface area contributed by atoms with E-state index in [4.69, 9.17) is 10.00 Å². The Morgan fingerprint density at radius 3 is 2.83 bits per heavy atom. The van der Waals surface area contributed by atoms with E-state index < -0.39 is 15.8 Å². The lowest BCUT2D eigenvalue weighted by Crippen LogP contribution is -2.18. The molecule has 98 valence electrons. The molecule has 0 aromatic heterocycles. The van der Waals surface area contributed by atoms with Crippen molar-refractivity contribution in [3.05, 3.63) is 29.6 Å². The highest BCUT2D eigenvalue weighted by molar-refractivity contribution is 7.92. The molecule has 1 rings (SSSR count). The topological polar surface area (TPSA) is 79.2 Å². The molecular formula is C11H13FN2O3S. The molecular weight excluding hydrogens is 259 g/mol. The molecule has 0 amide bonds. The van der Waals surface area contributed by atoms with Gasteiger partial charge >= 0.3 is 0 Å². The third kappa shape index (κ3) is 3.98. The summed E-state index contributed by atoms with van der Waals surface area (Å²) in [5, 5.41) is 8.77. The van der Waals surface area contributed by atoms with Crippen LogP contribution in [-0.2, 0) is 14.8 Å². The number of nitrogens with one attached hydrogen (secondary N) is 1. The van der Waals surface area contributed by atoms with Gasteiger partial charge in [-0.05, 0) is 18.6 Å². The first-order valence-electron chi connectivity index (χ1n) is 5.18. The van der Waals surface area contributed by atoms with Gasteiger partial charge in [-0.25, -0.2) is 12.8 Å². The van der Waals surface area contributed by atoms with Crippen LogP contribution < -0.4 is 4.72 Å². The summed E-state index contributed by atoms with van der Waals surface area (Å²) in [6, 6.07) is 5.40. The molecule has 0 saturated heterocycles. The molecule has 0 aliphatic heterocycles. The number of hydrogen-bond acceptors (Lipinski definition) is 4. The van der Waals surface area contributed by atoms with Crippen LogP contribution in [-0.4, -0.2) is 27.9 Å². The number of nitrogens with zero attached hydrogens (tertiary/aromatic N) is 1. The van der Waals surface area contributed by atoms with Gasteiger partial charge in [0.25, 0.3) is 0 Å². The predicted molar refractivity (Wildman–Crippen MR) is 65.0 cm³/mol. The van der Waals surface area contributed by atoms with Crippen LogP contribution in [0.3, 0.4) is 0 Å². The van der Waals surface area contributed by atoms with Gasteiger partial charge in [-0.1, -0.05) is 6.07 Å². The van der Waals surface area contributed by atoms with Gasteiger partial charge in [0, 0.05) is 13.7 Å². The van der Waals surface area contributed by atoms with E-state index in [0.29, 0.717) is 13.0 Å². The molecule has 0 radical (unpaired) electrons. The fourth-order valence-corrected chi connectivity index (χ4v) is 2.44. The van der Waals surface area contributed by atoms with Crippen LogP contribution in [0.4, 0.5) is 10.1 Å². The largest absolute Gasteiger partial charge is 0.385 e. The Balaban J connectivity index is 2.85. The highest BCUT2D eigenvalue weighted by Crippen LogP contribution is 2.19. The molecule has 0 heterocycles. The summed E-state index contributed by atoms with van der Waals surface area (Å²) >= 11 is 0. The summed E-state index contributed by atoms with van der Waals surface area (Å²) in [4.78, 5) is 0. The summed E-state index contributed by atoms with van der Waals surface area (Å²) in [5.74, 6) is -0.906. The van der Waals surface area contributed by atoms with E-state index in [9.17, 15) is 12.8 Å². The van der Waals surface area contributed by atoms with Crippen LogP contribution in [0.25, 0.3) is 0 Å². The van der Waals surface area contributed by atoms with Gasteiger partial charge in [-0.2, -0.15) is 5.26 Å². The number of benzene rings is 1. The van der Waals surface area contributed by atoms with Crippen molar-refractivity contribution in [1.29, 1.82) is 5.26 Å². The van der Waals surface area contributed by atoms with Crippen LogP contribution in [0.5, 0.6) is 0 Å². The Kier molecular flexibility index (Phi) is 5.07. The number of rotatable bonds is 6. The minimum atomic E-state index is -3.60. The summed E-state index contributed by atoms with van der Waals surface area (Å²) < 4.78 is 43.5. The summed E-state index contributed by atoms with van der Waals surface area (Å²) in [6.07, 6.45) is 0.322. The standard InChI is InChI=1S/C11H13FN2O3S/c1-17-6-3-7-18(15,16)14-11-5-2-4-10(12)9(11)8-13/h2,4-5,14H,3,6-7H2,1H3. The Bertz CT molecular complexity index is 552. The summed E-state index contributed by atoms with van der Waals surface area (Å²) in [6.45, 7) is 0.315. The molecule has 0 aliphatic rings. The zero-order valence-corrected chi connectivity index (χ0v) is 10.6. The normalized spacial score (nSPS) is 10.9. The molecule has 0 fully saturated rings. The second kappa shape index (κ2) is 6.33. The first-order chi connectivity index (χ1) is 8.50. The Morgan fingerprint density at radius 2 is 2.22 bits per heavy atom. The van der Waals surface area contributed by atoms with Crippen molar-refractivity contribution in [2.24, 2.45) is 0 Å². The lowest BCUT2D eigenvalue weighted by Gasteiger charge is -2.09. The first-order valence-corrected chi connectivity index (χ1v) is 6.83. The predicted octanol–water partition coefficient (Wildman–Crippen LogP) is 1.48. The van der Waals surface area contributed by atoms with Crippen LogP contribution in [0.2, 0.25) is 0 Å². The maximum Gasteiger partial charge on any atom is 0.232 e. The fraction of sp³-hybridized carbons (Fsp3) is 0.364. The molecule has 1 aromatic carbocycles. The molecule has 1 N–H and O–H groups in total. The lowest BCUT2D eigenvalue weighted by atomic mass is 10.2. The monoisotopic (exact) mass is 272 g/mol. The highest BCUT2D eigenvalue weighted by atomic mass is 32.2. The van der Waals surface area contributed by atoms with Gasteiger partial charge in [0.1, 0.15) is 17.4 Å². The van der Waals surface area contributed by atoms with Crippen molar-refractivity contribution in [2.75, 3.05) is 24.2 Å². The molecule has 7 heteroatoms. The molecule has 18 heavy (non-hydrogen) atoms. The number of ether oxygens (including phenoxy) is 1. The molecule has 5 nitrogen and oxygen atoms in total. The van der Waals surface area contributed by atoms with Crippen LogP contribution >= 0.6 is 0 Å². The van der Waals surface area contributed by atoms with E-state index in [1.165, 1.54) is 19.2 Å². The van der Waals surface area contributed by atoms with Gasteiger partial charge in [-0.15, -0.1) is 0 Å². The average Bonchev–Trinajstić information content (AvgIpc) is 2.29. The number of anilines is 1. The fourth-order valence-electron chi connectivity index (χ4n) is 1.33. The quantitative estimate of drug-likeness (QED) is 0.795. The van der Waals surface area contributed by atoms with E-state index in [1.54, 1.807) is 6.07 Å². The summed E-state index contributed by atoms with van der Waals surface area (Å²) in [7, 11) is -2.13. The van der Waals surface area contributed by atoms with E-state index in [-0.39, 0.29) is 17.0 Å². The van der Waals surface area contributed by atoms with Crippen LogP contribution in [0.15, 0.2) is 18.2 Å². The van der Waals surface area contributed by atoms with Crippen molar-refractivity contribution in [3.63, 3.8) is 0 Å². The molecule has 1 aromatic rings. The van der Waals surface area contributed by atoms with Crippen molar-refractivity contribution in [1.82, 2.24) is 0 Å². The minimum Gasteiger partial charge on any atom is -0.385 e. The number of sulfonamides is 1. The number of halogens is 1. The van der Waals surface area contributed by atoms with Crippen molar-refractivity contribution in [2.45, 2.75) is 6.42 Å².